The van der Waals surface area contributed by atoms with Crippen LogP contribution < -0.4 is 0 Å². The van der Waals surface area contributed by atoms with Crippen molar-refractivity contribution in [2.75, 3.05) is 0 Å². The molecule has 1 N–H and O–H groups in total. The van der Waals surface area contributed by atoms with Crippen LogP contribution in [-0.2, 0) is 23.9 Å². The predicted octanol–water partition coefficient (Wildman–Crippen LogP) is 5.44. The Morgan fingerprint density at radius 2 is 1.73 bits per heavy atom. The van der Waals surface area contributed by atoms with Gasteiger partial charge in [0.15, 0.2) is 0 Å². The molecule has 0 aromatic heterocycles. The normalized spacial score (nSPS) is 22.2. The summed E-state index contributed by atoms with van der Waals surface area (Å²) in [5.74, 6) is -0.681. The summed E-state index contributed by atoms with van der Waals surface area (Å²) in [6.45, 7) is 5.05. The van der Waals surface area contributed by atoms with Crippen LogP contribution in [0.5, 0.6) is 0 Å². The van der Waals surface area contributed by atoms with Crippen LogP contribution in [0.3, 0.4) is 0 Å². The molecule has 0 spiro atoms. The fourth-order valence-corrected chi connectivity index (χ4v) is 4.34. The number of aliphatic carboxylic acids is 1. The van der Waals surface area contributed by atoms with Gasteiger partial charge in [0.25, 0.3) is 0 Å². The van der Waals surface area contributed by atoms with E-state index in [1.165, 1.54) is 13.8 Å². The van der Waals surface area contributed by atoms with Crippen LogP contribution in [0.15, 0.2) is 12.2 Å². The van der Waals surface area contributed by atoms with Crippen molar-refractivity contribution < 1.29 is 29.0 Å². The van der Waals surface area contributed by atoms with Gasteiger partial charge in [0.05, 0.1) is 0 Å². The minimum absolute atomic E-state index is 0.0663. The molecule has 6 heteroatoms. The number of carboxylic acids is 1. The summed E-state index contributed by atoms with van der Waals surface area (Å²) in [4.78, 5) is 33.6. The zero-order valence-corrected chi connectivity index (χ0v) is 18.9. The molecule has 0 bridgehead atoms. The van der Waals surface area contributed by atoms with E-state index in [4.69, 9.17) is 14.6 Å². The summed E-state index contributed by atoms with van der Waals surface area (Å²) in [6, 6.07) is 0. The Labute approximate surface area is 181 Å². The summed E-state index contributed by atoms with van der Waals surface area (Å²) in [7, 11) is 0. The van der Waals surface area contributed by atoms with Crippen LogP contribution in [0.1, 0.15) is 97.8 Å². The Morgan fingerprint density at radius 1 is 1.00 bits per heavy atom. The van der Waals surface area contributed by atoms with E-state index in [9.17, 15) is 14.4 Å². The highest BCUT2D eigenvalue weighted by Crippen LogP contribution is 2.39. The van der Waals surface area contributed by atoms with Crippen LogP contribution in [0, 0.1) is 11.8 Å². The molecule has 0 saturated heterocycles. The highest BCUT2D eigenvalue weighted by molar-refractivity contribution is 5.67. The molecule has 30 heavy (non-hydrogen) atoms. The second-order valence-electron chi connectivity index (χ2n) is 8.43. The molecule has 172 valence electrons. The van der Waals surface area contributed by atoms with Crippen molar-refractivity contribution >= 4 is 17.9 Å². The first-order valence-electron chi connectivity index (χ1n) is 11.6. The van der Waals surface area contributed by atoms with Crippen LogP contribution in [0.2, 0.25) is 0 Å². The van der Waals surface area contributed by atoms with Crippen LogP contribution in [-0.4, -0.2) is 35.2 Å². The zero-order chi connectivity index (χ0) is 22.4. The van der Waals surface area contributed by atoms with E-state index in [0.29, 0.717) is 12.3 Å². The van der Waals surface area contributed by atoms with Crippen molar-refractivity contribution in [1.29, 1.82) is 0 Å². The number of ether oxygens (including phenoxy) is 2. The van der Waals surface area contributed by atoms with E-state index >= 15 is 0 Å². The SMILES string of the molecule is CCCCCC(C=CC1CCC(OC(C)=O)C1CCCCCCC(=O)O)OC(C)=O. The molecule has 0 aromatic rings. The minimum Gasteiger partial charge on any atom is -0.481 e. The Hall–Kier alpha value is -1.85. The van der Waals surface area contributed by atoms with E-state index in [2.05, 4.69) is 13.0 Å². The van der Waals surface area contributed by atoms with Gasteiger partial charge in [0.2, 0.25) is 0 Å². The number of rotatable bonds is 15. The van der Waals surface area contributed by atoms with Gasteiger partial charge in [-0.3, -0.25) is 14.4 Å². The lowest BCUT2D eigenvalue weighted by Crippen LogP contribution is -2.24. The fourth-order valence-electron chi connectivity index (χ4n) is 4.34. The molecule has 0 amide bonds. The number of esters is 2. The summed E-state index contributed by atoms with van der Waals surface area (Å²) < 4.78 is 11.0. The Balaban J connectivity index is 2.65. The van der Waals surface area contributed by atoms with Crippen molar-refractivity contribution in [2.45, 2.75) is 110 Å². The highest BCUT2D eigenvalue weighted by Gasteiger charge is 2.36. The van der Waals surface area contributed by atoms with Gasteiger partial charge in [0, 0.05) is 26.2 Å². The van der Waals surface area contributed by atoms with Gasteiger partial charge in [-0.05, 0) is 50.5 Å². The maximum atomic E-state index is 11.5. The van der Waals surface area contributed by atoms with Gasteiger partial charge >= 0.3 is 17.9 Å². The topological polar surface area (TPSA) is 89.9 Å². The summed E-state index contributed by atoms with van der Waals surface area (Å²) in [5.41, 5.74) is 0. The van der Waals surface area contributed by atoms with Crippen LogP contribution in [0.4, 0.5) is 0 Å². The summed E-state index contributed by atoms with van der Waals surface area (Å²) in [6.07, 6.45) is 14.6. The van der Waals surface area contributed by atoms with Gasteiger partial charge < -0.3 is 14.6 Å². The molecule has 0 radical (unpaired) electrons. The highest BCUT2D eigenvalue weighted by atomic mass is 16.5. The van der Waals surface area contributed by atoms with Gasteiger partial charge in [0.1, 0.15) is 12.2 Å². The first-order chi connectivity index (χ1) is 14.3. The van der Waals surface area contributed by atoms with Crippen molar-refractivity contribution in [3.05, 3.63) is 12.2 Å². The fraction of sp³-hybridized carbons (Fsp3) is 0.792. The molecular weight excluding hydrogens is 384 g/mol. The molecule has 4 unspecified atom stereocenters. The maximum Gasteiger partial charge on any atom is 0.303 e. The molecule has 1 saturated carbocycles. The Bertz CT molecular complexity index is 556. The van der Waals surface area contributed by atoms with E-state index in [1.54, 1.807) is 0 Å². The third-order valence-electron chi connectivity index (χ3n) is 5.79. The molecule has 4 atom stereocenters. The second kappa shape index (κ2) is 15.0. The lowest BCUT2D eigenvalue weighted by Gasteiger charge is -2.23. The molecule has 0 aromatic carbocycles. The number of hydrogen-bond acceptors (Lipinski definition) is 5. The Morgan fingerprint density at radius 3 is 2.37 bits per heavy atom. The smallest absolute Gasteiger partial charge is 0.303 e. The molecule has 1 aliphatic rings. The number of allylic oxidation sites excluding steroid dienone is 1. The zero-order valence-electron chi connectivity index (χ0n) is 18.9. The quantitative estimate of drug-likeness (QED) is 0.214. The van der Waals surface area contributed by atoms with E-state index in [-0.39, 0.29) is 36.5 Å². The summed E-state index contributed by atoms with van der Waals surface area (Å²) in [5, 5.41) is 8.74. The number of carbonyl (C=O) groups excluding carboxylic acids is 2. The van der Waals surface area contributed by atoms with Crippen molar-refractivity contribution in [3.63, 3.8) is 0 Å². The van der Waals surface area contributed by atoms with Crippen molar-refractivity contribution in [1.82, 2.24) is 0 Å². The third-order valence-corrected chi connectivity index (χ3v) is 5.79. The predicted molar refractivity (Wildman–Crippen MR) is 116 cm³/mol. The molecular formula is C24H40O6. The minimum atomic E-state index is -0.743. The van der Waals surface area contributed by atoms with Gasteiger partial charge in [-0.2, -0.15) is 0 Å². The number of carbonyl (C=O) groups is 3. The van der Waals surface area contributed by atoms with Crippen LogP contribution in [0.25, 0.3) is 0 Å². The number of hydrogen-bond donors (Lipinski definition) is 1. The lowest BCUT2D eigenvalue weighted by atomic mass is 9.88. The maximum absolute atomic E-state index is 11.5. The van der Waals surface area contributed by atoms with Crippen molar-refractivity contribution in [3.8, 4) is 0 Å². The molecule has 0 heterocycles. The molecule has 6 nitrogen and oxygen atoms in total. The third kappa shape index (κ3) is 11.4. The summed E-state index contributed by atoms with van der Waals surface area (Å²) >= 11 is 0. The molecule has 0 aliphatic heterocycles. The molecule has 1 aliphatic carbocycles. The standard InChI is InChI=1S/C24H40O6/c1-4-5-8-11-21(29-18(2)25)16-14-20-15-17-23(30-19(3)26)22(20)12-9-6-7-10-13-24(27)28/h14,16,20-23H,4-13,15,17H2,1-3H3,(H,27,28). The number of carboxylic acid groups (broad SMARTS) is 1. The largest absolute Gasteiger partial charge is 0.481 e. The van der Waals surface area contributed by atoms with Gasteiger partial charge in [-0.1, -0.05) is 45.1 Å². The average Bonchev–Trinajstić information content (AvgIpc) is 3.02. The average molecular weight is 425 g/mol. The Kier molecular flexibility index (Phi) is 13.1. The molecule has 1 rings (SSSR count). The molecule has 1 fully saturated rings. The first-order valence-corrected chi connectivity index (χ1v) is 11.6. The first kappa shape index (κ1) is 26.2. The van der Waals surface area contributed by atoms with E-state index < -0.39 is 5.97 Å². The lowest BCUT2D eigenvalue weighted by molar-refractivity contribution is -0.148. The van der Waals surface area contributed by atoms with E-state index in [0.717, 1.165) is 64.2 Å². The van der Waals surface area contributed by atoms with Crippen molar-refractivity contribution in [2.24, 2.45) is 11.8 Å². The monoisotopic (exact) mass is 424 g/mol. The van der Waals surface area contributed by atoms with Gasteiger partial charge in [-0.25, -0.2) is 0 Å². The van der Waals surface area contributed by atoms with Crippen LogP contribution >= 0.6 is 0 Å². The second-order valence-corrected chi connectivity index (χ2v) is 8.43. The van der Waals surface area contributed by atoms with E-state index in [1.807, 2.05) is 6.08 Å². The number of unbranched alkanes of at least 4 members (excludes halogenated alkanes) is 5. The van der Waals surface area contributed by atoms with Gasteiger partial charge in [-0.15, -0.1) is 0 Å².